The van der Waals surface area contributed by atoms with Crippen molar-refractivity contribution in [3.8, 4) is 0 Å². The molecule has 7 heteroatoms. The van der Waals surface area contributed by atoms with Gasteiger partial charge in [-0.3, -0.25) is 4.57 Å². The van der Waals surface area contributed by atoms with Crippen LogP contribution in [0.5, 0.6) is 0 Å². The number of benzene rings is 1. The average molecular weight is 341 g/mol. The summed E-state index contributed by atoms with van der Waals surface area (Å²) < 4.78 is 7.29. The molecule has 0 amide bonds. The number of piperidine rings is 1. The lowest BCUT2D eigenvalue weighted by Gasteiger charge is -2.31. The SMILES string of the molecule is CC(C)(C)c1nc(N2CCC(n3c(=O)[nH]c4ccccc43)CC2)no1. The van der Waals surface area contributed by atoms with E-state index in [4.69, 9.17) is 4.52 Å². The second-order valence-electron chi connectivity index (χ2n) is 7.69. The Bertz CT molecular complexity index is 938. The summed E-state index contributed by atoms with van der Waals surface area (Å²) in [7, 11) is 0. The molecule has 7 nitrogen and oxygen atoms in total. The summed E-state index contributed by atoms with van der Waals surface area (Å²) in [5.41, 5.74) is 1.68. The number of para-hydroxylation sites is 2. The maximum Gasteiger partial charge on any atom is 0.326 e. The zero-order chi connectivity index (χ0) is 17.6. The van der Waals surface area contributed by atoms with Crippen molar-refractivity contribution in [3.63, 3.8) is 0 Å². The fourth-order valence-corrected chi connectivity index (χ4v) is 3.41. The molecule has 1 aromatic carbocycles. The molecule has 0 saturated carbocycles. The summed E-state index contributed by atoms with van der Waals surface area (Å²) >= 11 is 0. The number of aromatic amines is 1. The molecule has 25 heavy (non-hydrogen) atoms. The third-order valence-corrected chi connectivity index (χ3v) is 4.79. The molecule has 0 atom stereocenters. The van der Waals surface area contributed by atoms with Crippen molar-refractivity contribution in [2.24, 2.45) is 0 Å². The van der Waals surface area contributed by atoms with E-state index in [1.165, 1.54) is 0 Å². The van der Waals surface area contributed by atoms with Crippen molar-refractivity contribution in [1.29, 1.82) is 0 Å². The van der Waals surface area contributed by atoms with Gasteiger partial charge in [-0.2, -0.15) is 4.98 Å². The predicted molar refractivity (Wildman–Crippen MR) is 96.0 cm³/mol. The van der Waals surface area contributed by atoms with Gasteiger partial charge in [0.15, 0.2) is 0 Å². The van der Waals surface area contributed by atoms with E-state index in [0.717, 1.165) is 37.0 Å². The first-order valence-corrected chi connectivity index (χ1v) is 8.72. The quantitative estimate of drug-likeness (QED) is 0.775. The molecule has 0 aliphatic carbocycles. The first-order valence-electron chi connectivity index (χ1n) is 8.72. The molecule has 1 N–H and O–H groups in total. The fraction of sp³-hybridized carbons (Fsp3) is 0.500. The molecule has 3 aromatic rings. The number of imidazole rings is 1. The number of fused-ring (bicyclic) bond motifs is 1. The largest absolute Gasteiger partial charge is 0.338 e. The Morgan fingerprint density at radius 1 is 1.20 bits per heavy atom. The van der Waals surface area contributed by atoms with Crippen molar-refractivity contribution in [2.75, 3.05) is 18.0 Å². The number of hydrogen-bond donors (Lipinski definition) is 1. The summed E-state index contributed by atoms with van der Waals surface area (Å²) in [4.78, 5) is 22.0. The van der Waals surface area contributed by atoms with E-state index >= 15 is 0 Å². The summed E-state index contributed by atoms with van der Waals surface area (Å²) in [5, 5.41) is 4.13. The Balaban J connectivity index is 1.52. The highest BCUT2D eigenvalue weighted by Gasteiger charge is 2.28. The minimum absolute atomic E-state index is 0.0331. The highest BCUT2D eigenvalue weighted by atomic mass is 16.5. The third-order valence-electron chi connectivity index (χ3n) is 4.79. The Morgan fingerprint density at radius 2 is 1.92 bits per heavy atom. The van der Waals surface area contributed by atoms with Gasteiger partial charge in [-0.05, 0) is 30.1 Å². The Morgan fingerprint density at radius 3 is 2.60 bits per heavy atom. The van der Waals surface area contributed by atoms with Crippen molar-refractivity contribution >= 4 is 17.0 Å². The van der Waals surface area contributed by atoms with E-state index in [1.807, 2.05) is 28.8 Å². The normalized spacial score (nSPS) is 16.7. The average Bonchev–Trinajstić information content (AvgIpc) is 3.18. The van der Waals surface area contributed by atoms with Gasteiger partial charge in [0.1, 0.15) is 0 Å². The zero-order valence-corrected chi connectivity index (χ0v) is 14.8. The topological polar surface area (TPSA) is 80.0 Å². The van der Waals surface area contributed by atoms with Crippen LogP contribution in [0.2, 0.25) is 0 Å². The van der Waals surface area contributed by atoms with Gasteiger partial charge < -0.3 is 14.4 Å². The fourth-order valence-electron chi connectivity index (χ4n) is 3.41. The zero-order valence-electron chi connectivity index (χ0n) is 14.8. The molecule has 0 radical (unpaired) electrons. The van der Waals surface area contributed by atoms with Crippen LogP contribution in [0.3, 0.4) is 0 Å². The third kappa shape index (κ3) is 2.83. The van der Waals surface area contributed by atoms with E-state index in [9.17, 15) is 4.79 Å². The van der Waals surface area contributed by atoms with E-state index in [2.05, 4.69) is 40.8 Å². The van der Waals surface area contributed by atoms with E-state index < -0.39 is 0 Å². The molecule has 0 unspecified atom stereocenters. The van der Waals surface area contributed by atoms with Crippen molar-refractivity contribution < 1.29 is 4.52 Å². The number of nitrogens with one attached hydrogen (secondary N) is 1. The minimum Gasteiger partial charge on any atom is -0.338 e. The second-order valence-corrected chi connectivity index (χ2v) is 7.69. The standard InChI is InChI=1S/C18H23N5O2/c1-18(2,3)15-20-16(21-25-15)22-10-8-12(9-11-22)23-14-7-5-4-6-13(14)19-17(23)24/h4-7,12H,8-11H2,1-3H3,(H,19,24). The van der Waals surface area contributed by atoms with Gasteiger partial charge in [-0.1, -0.05) is 32.9 Å². The summed E-state index contributed by atoms with van der Waals surface area (Å²) in [6, 6.07) is 8.03. The van der Waals surface area contributed by atoms with Crippen LogP contribution < -0.4 is 10.6 Å². The Hall–Kier alpha value is -2.57. The summed E-state index contributed by atoms with van der Waals surface area (Å²) in [5.74, 6) is 1.30. The number of nitrogens with zero attached hydrogens (tertiary/aromatic N) is 4. The van der Waals surface area contributed by atoms with Crippen LogP contribution in [0.4, 0.5) is 5.95 Å². The van der Waals surface area contributed by atoms with Gasteiger partial charge in [0, 0.05) is 24.5 Å². The lowest BCUT2D eigenvalue weighted by Crippen LogP contribution is -2.37. The molecule has 1 aliphatic heterocycles. The first kappa shape index (κ1) is 15.9. The summed E-state index contributed by atoms with van der Waals surface area (Å²) in [6.45, 7) is 7.78. The molecule has 1 saturated heterocycles. The monoisotopic (exact) mass is 341 g/mol. The lowest BCUT2D eigenvalue weighted by molar-refractivity contribution is 0.319. The van der Waals surface area contributed by atoms with Gasteiger partial charge in [-0.15, -0.1) is 0 Å². The number of aromatic nitrogens is 4. The molecule has 0 spiro atoms. The van der Waals surface area contributed by atoms with Crippen molar-refractivity contribution in [2.45, 2.75) is 45.1 Å². The minimum atomic E-state index is -0.152. The van der Waals surface area contributed by atoms with Gasteiger partial charge in [0.25, 0.3) is 5.95 Å². The molecule has 0 bridgehead atoms. The molecule has 1 fully saturated rings. The highest BCUT2D eigenvalue weighted by molar-refractivity contribution is 5.75. The van der Waals surface area contributed by atoms with Crippen LogP contribution in [-0.2, 0) is 5.41 Å². The van der Waals surface area contributed by atoms with Crippen LogP contribution >= 0.6 is 0 Å². The maximum atomic E-state index is 12.4. The Labute approximate surface area is 145 Å². The maximum absolute atomic E-state index is 12.4. The lowest BCUT2D eigenvalue weighted by atomic mass is 9.97. The van der Waals surface area contributed by atoms with Crippen LogP contribution in [-0.4, -0.2) is 32.8 Å². The van der Waals surface area contributed by atoms with Gasteiger partial charge >= 0.3 is 5.69 Å². The Kier molecular flexibility index (Phi) is 3.67. The number of H-pyrrole nitrogens is 1. The van der Waals surface area contributed by atoms with Gasteiger partial charge in [0.05, 0.1) is 11.0 Å². The highest BCUT2D eigenvalue weighted by Crippen LogP contribution is 2.28. The van der Waals surface area contributed by atoms with Crippen LogP contribution in [0.1, 0.15) is 45.5 Å². The molecule has 2 aromatic heterocycles. The molecule has 4 rings (SSSR count). The smallest absolute Gasteiger partial charge is 0.326 e. The van der Waals surface area contributed by atoms with Gasteiger partial charge in [-0.25, -0.2) is 4.79 Å². The van der Waals surface area contributed by atoms with Crippen molar-refractivity contribution in [1.82, 2.24) is 19.7 Å². The van der Waals surface area contributed by atoms with Gasteiger partial charge in [0.2, 0.25) is 5.89 Å². The predicted octanol–water partition coefficient (Wildman–Crippen LogP) is 2.85. The van der Waals surface area contributed by atoms with Crippen LogP contribution in [0.25, 0.3) is 11.0 Å². The number of hydrogen-bond acceptors (Lipinski definition) is 5. The van der Waals surface area contributed by atoms with E-state index in [-0.39, 0.29) is 17.1 Å². The molecular formula is C18H23N5O2. The molecule has 132 valence electrons. The number of anilines is 1. The van der Waals surface area contributed by atoms with Crippen molar-refractivity contribution in [3.05, 3.63) is 40.6 Å². The molecular weight excluding hydrogens is 318 g/mol. The van der Waals surface area contributed by atoms with E-state index in [1.54, 1.807) is 0 Å². The second kappa shape index (κ2) is 5.75. The first-order chi connectivity index (χ1) is 11.9. The van der Waals surface area contributed by atoms with Crippen LogP contribution in [0, 0.1) is 0 Å². The molecule has 3 heterocycles. The van der Waals surface area contributed by atoms with Crippen LogP contribution in [0.15, 0.2) is 33.6 Å². The van der Waals surface area contributed by atoms with E-state index in [0.29, 0.717) is 11.8 Å². The molecule has 1 aliphatic rings. The summed E-state index contributed by atoms with van der Waals surface area (Å²) in [6.07, 6.45) is 1.75. The number of rotatable bonds is 2.